The van der Waals surface area contributed by atoms with Gasteiger partial charge < -0.3 is 19.5 Å². The van der Waals surface area contributed by atoms with Crippen LogP contribution in [0.2, 0.25) is 5.02 Å². The highest BCUT2D eigenvalue weighted by Crippen LogP contribution is 2.36. The minimum absolute atomic E-state index is 0.0938. The molecular formula is C20H30ClNO4. The molecule has 1 aliphatic carbocycles. The molecule has 0 aromatic heterocycles. The van der Waals surface area contributed by atoms with Gasteiger partial charge in [0, 0.05) is 19.4 Å². The van der Waals surface area contributed by atoms with E-state index in [1.54, 1.807) is 25.3 Å². The molecule has 0 bridgehead atoms. The van der Waals surface area contributed by atoms with Crippen LogP contribution in [0, 0.1) is 5.92 Å². The Morgan fingerprint density at radius 2 is 2.08 bits per heavy atom. The number of amides is 1. The lowest BCUT2D eigenvalue weighted by Crippen LogP contribution is -2.48. The molecular weight excluding hydrogens is 354 g/mol. The second kappa shape index (κ2) is 9.58. The Kier molecular flexibility index (Phi) is 7.74. The normalized spacial score (nSPS) is 24.1. The zero-order chi connectivity index (χ0) is 19.2. The van der Waals surface area contributed by atoms with Gasteiger partial charge in [-0.3, -0.25) is 4.79 Å². The highest BCUT2D eigenvalue weighted by Gasteiger charge is 2.41. The number of hydrogen-bond donors (Lipinski definition) is 1. The number of benzene rings is 1. The molecule has 6 heteroatoms. The lowest BCUT2D eigenvalue weighted by Gasteiger charge is -2.37. The Labute approximate surface area is 161 Å². The SMILES string of the molecule is CCOC1(C(=O)Nc2ccc(O[C@@H](C)COC)c(Cl)c2)CCC(C)CC1. The van der Waals surface area contributed by atoms with Gasteiger partial charge in [0.15, 0.2) is 0 Å². The molecule has 0 saturated heterocycles. The topological polar surface area (TPSA) is 56.8 Å². The number of carbonyl (C=O) groups excluding carboxylic acids is 1. The van der Waals surface area contributed by atoms with Crippen LogP contribution in [0.1, 0.15) is 46.5 Å². The smallest absolute Gasteiger partial charge is 0.256 e. The second-order valence-electron chi connectivity index (χ2n) is 7.09. The largest absolute Gasteiger partial charge is 0.487 e. The van der Waals surface area contributed by atoms with Crippen molar-refractivity contribution in [3.63, 3.8) is 0 Å². The first-order valence-corrected chi connectivity index (χ1v) is 9.68. The Hall–Kier alpha value is -1.30. The van der Waals surface area contributed by atoms with Crippen LogP contribution in [0.15, 0.2) is 18.2 Å². The van der Waals surface area contributed by atoms with Gasteiger partial charge >= 0.3 is 0 Å². The summed E-state index contributed by atoms with van der Waals surface area (Å²) in [5.41, 5.74) is -0.0972. The van der Waals surface area contributed by atoms with Crippen LogP contribution in [0.25, 0.3) is 0 Å². The van der Waals surface area contributed by atoms with Gasteiger partial charge in [0.25, 0.3) is 5.91 Å². The summed E-state index contributed by atoms with van der Waals surface area (Å²) >= 11 is 6.31. The van der Waals surface area contributed by atoms with E-state index < -0.39 is 5.60 Å². The highest BCUT2D eigenvalue weighted by atomic mass is 35.5. The number of hydrogen-bond acceptors (Lipinski definition) is 4. The summed E-state index contributed by atoms with van der Waals surface area (Å²) in [5.74, 6) is 1.11. The van der Waals surface area contributed by atoms with E-state index in [0.717, 1.165) is 25.7 Å². The third-order valence-corrected chi connectivity index (χ3v) is 5.13. The molecule has 1 aliphatic rings. The minimum atomic E-state index is -0.740. The maximum atomic E-state index is 12.9. The quantitative estimate of drug-likeness (QED) is 0.708. The summed E-state index contributed by atoms with van der Waals surface area (Å²) in [6.07, 6.45) is 3.38. The molecule has 0 unspecified atom stereocenters. The summed E-state index contributed by atoms with van der Waals surface area (Å²) in [5, 5.41) is 3.42. The zero-order valence-electron chi connectivity index (χ0n) is 16.1. The van der Waals surface area contributed by atoms with E-state index in [4.69, 9.17) is 25.8 Å². The lowest BCUT2D eigenvalue weighted by molar-refractivity contribution is -0.146. The lowest BCUT2D eigenvalue weighted by atomic mass is 9.78. The molecule has 0 radical (unpaired) electrons. The van der Waals surface area contributed by atoms with Gasteiger partial charge in [0.1, 0.15) is 17.5 Å². The first-order valence-electron chi connectivity index (χ1n) is 9.30. The van der Waals surface area contributed by atoms with E-state index in [0.29, 0.717) is 35.6 Å². The average molecular weight is 384 g/mol. The van der Waals surface area contributed by atoms with Crippen LogP contribution < -0.4 is 10.1 Å². The predicted octanol–water partition coefficient (Wildman–Crippen LogP) is 4.68. The van der Waals surface area contributed by atoms with Crippen LogP contribution in [-0.2, 0) is 14.3 Å². The van der Waals surface area contributed by atoms with Crippen molar-refractivity contribution in [2.75, 3.05) is 25.6 Å². The molecule has 0 heterocycles. The standard InChI is InChI=1S/C20H30ClNO4/c1-5-25-20(10-8-14(2)9-11-20)19(23)22-16-6-7-18(17(21)12-16)26-15(3)13-24-4/h6-7,12,14-15H,5,8-11,13H2,1-4H3,(H,22,23)/t14?,15-,20?/m0/s1. The van der Waals surface area contributed by atoms with Gasteiger partial charge in [0.2, 0.25) is 0 Å². The molecule has 1 fully saturated rings. The highest BCUT2D eigenvalue weighted by molar-refractivity contribution is 6.32. The summed E-state index contributed by atoms with van der Waals surface area (Å²) in [6, 6.07) is 5.27. The van der Waals surface area contributed by atoms with Gasteiger partial charge in [0.05, 0.1) is 11.6 Å². The third kappa shape index (κ3) is 5.35. The number of nitrogens with one attached hydrogen (secondary N) is 1. The molecule has 26 heavy (non-hydrogen) atoms. The van der Waals surface area contributed by atoms with Gasteiger partial charge in [-0.1, -0.05) is 18.5 Å². The van der Waals surface area contributed by atoms with Gasteiger partial charge in [-0.15, -0.1) is 0 Å². The van der Waals surface area contributed by atoms with Crippen molar-refractivity contribution in [2.24, 2.45) is 5.92 Å². The van der Waals surface area contributed by atoms with Crippen molar-refractivity contribution >= 4 is 23.2 Å². The maximum absolute atomic E-state index is 12.9. The van der Waals surface area contributed by atoms with E-state index >= 15 is 0 Å². The molecule has 146 valence electrons. The van der Waals surface area contributed by atoms with Crippen LogP contribution in [0.5, 0.6) is 5.75 Å². The van der Waals surface area contributed by atoms with Crippen LogP contribution in [-0.4, -0.2) is 37.9 Å². The van der Waals surface area contributed by atoms with E-state index in [-0.39, 0.29) is 12.0 Å². The van der Waals surface area contributed by atoms with Gasteiger partial charge in [-0.2, -0.15) is 0 Å². The number of anilines is 1. The van der Waals surface area contributed by atoms with Crippen molar-refractivity contribution in [1.82, 2.24) is 0 Å². The van der Waals surface area contributed by atoms with Crippen molar-refractivity contribution in [2.45, 2.75) is 58.2 Å². The van der Waals surface area contributed by atoms with Crippen molar-refractivity contribution in [3.8, 4) is 5.75 Å². The summed E-state index contributed by atoms with van der Waals surface area (Å²) in [7, 11) is 1.63. The van der Waals surface area contributed by atoms with E-state index in [1.807, 2.05) is 13.8 Å². The second-order valence-corrected chi connectivity index (χ2v) is 7.50. The van der Waals surface area contributed by atoms with E-state index in [2.05, 4.69) is 12.2 Å². The van der Waals surface area contributed by atoms with Crippen molar-refractivity contribution in [1.29, 1.82) is 0 Å². The molecule has 1 saturated carbocycles. The monoisotopic (exact) mass is 383 g/mol. The Bertz CT molecular complexity index is 599. The number of methoxy groups -OCH3 is 1. The molecule has 1 amide bonds. The van der Waals surface area contributed by atoms with Gasteiger partial charge in [-0.25, -0.2) is 0 Å². The van der Waals surface area contributed by atoms with Crippen LogP contribution >= 0.6 is 11.6 Å². The first-order chi connectivity index (χ1) is 12.4. The molecule has 2 rings (SSSR count). The predicted molar refractivity (Wildman–Crippen MR) is 104 cm³/mol. The maximum Gasteiger partial charge on any atom is 0.256 e. The van der Waals surface area contributed by atoms with Crippen molar-refractivity contribution in [3.05, 3.63) is 23.2 Å². The summed E-state index contributed by atoms with van der Waals surface area (Å²) < 4.78 is 16.7. The van der Waals surface area contributed by atoms with E-state index in [1.165, 1.54) is 0 Å². The van der Waals surface area contributed by atoms with E-state index in [9.17, 15) is 4.79 Å². The van der Waals surface area contributed by atoms with Gasteiger partial charge in [-0.05, 0) is 63.6 Å². The molecule has 1 N–H and O–H groups in total. The fourth-order valence-electron chi connectivity index (χ4n) is 3.35. The zero-order valence-corrected chi connectivity index (χ0v) is 16.9. The molecule has 1 aromatic rings. The number of halogens is 1. The Morgan fingerprint density at radius 1 is 1.38 bits per heavy atom. The summed E-state index contributed by atoms with van der Waals surface area (Å²) in [6.45, 7) is 7.05. The molecule has 0 aliphatic heterocycles. The number of ether oxygens (including phenoxy) is 3. The summed E-state index contributed by atoms with van der Waals surface area (Å²) in [4.78, 5) is 12.9. The third-order valence-electron chi connectivity index (χ3n) is 4.84. The number of rotatable bonds is 8. The number of carbonyl (C=O) groups is 1. The fourth-order valence-corrected chi connectivity index (χ4v) is 3.57. The first kappa shape index (κ1) is 21.0. The fraction of sp³-hybridized carbons (Fsp3) is 0.650. The van der Waals surface area contributed by atoms with Crippen molar-refractivity contribution < 1.29 is 19.0 Å². The molecule has 0 spiro atoms. The Balaban J connectivity index is 2.06. The van der Waals surface area contributed by atoms with Crippen LogP contribution in [0.3, 0.4) is 0 Å². The molecule has 1 aromatic carbocycles. The molecule has 5 nitrogen and oxygen atoms in total. The Morgan fingerprint density at radius 3 is 2.65 bits per heavy atom. The molecule has 1 atom stereocenters. The minimum Gasteiger partial charge on any atom is -0.487 e. The van der Waals surface area contributed by atoms with Crippen LogP contribution in [0.4, 0.5) is 5.69 Å². The average Bonchev–Trinajstić information content (AvgIpc) is 2.60.